The second kappa shape index (κ2) is 7.86. The van der Waals surface area contributed by atoms with Gasteiger partial charge in [0.25, 0.3) is 5.91 Å². The molecular weight excluding hydrogens is 341 g/mol. The van der Waals surface area contributed by atoms with Gasteiger partial charge in [-0.15, -0.1) is 0 Å². The van der Waals surface area contributed by atoms with E-state index in [1.807, 2.05) is 0 Å². The van der Waals surface area contributed by atoms with Crippen LogP contribution < -0.4 is 14.8 Å². The number of hydrogen-bond acceptors (Lipinski definition) is 5. The summed E-state index contributed by atoms with van der Waals surface area (Å²) >= 11 is 0. The summed E-state index contributed by atoms with van der Waals surface area (Å²) in [5.41, 5.74) is 0.735. The highest BCUT2D eigenvalue weighted by Gasteiger charge is 2.31. The van der Waals surface area contributed by atoms with Gasteiger partial charge in [0.1, 0.15) is 12.4 Å². The molecule has 136 valence electrons. The normalized spacial score (nSPS) is 16.5. The molecule has 1 N–H and O–H groups in total. The van der Waals surface area contributed by atoms with Crippen LogP contribution >= 0.6 is 0 Å². The Morgan fingerprint density at radius 2 is 1.88 bits per heavy atom. The first kappa shape index (κ1) is 17.7. The quantitative estimate of drug-likeness (QED) is 0.829. The van der Waals surface area contributed by atoms with Crippen LogP contribution in [0.4, 0.5) is 4.39 Å². The van der Waals surface area contributed by atoms with Crippen molar-refractivity contribution in [1.29, 1.82) is 0 Å². The summed E-state index contributed by atoms with van der Waals surface area (Å²) in [6, 6.07) is 12.7. The number of benzene rings is 2. The second-order valence-corrected chi connectivity index (χ2v) is 5.79. The summed E-state index contributed by atoms with van der Waals surface area (Å²) in [6.07, 6.45) is -1.93. The largest absolute Gasteiger partial charge is 0.485 e. The van der Waals surface area contributed by atoms with Crippen molar-refractivity contribution in [3.8, 4) is 11.5 Å². The number of hydrogen-bond donors (Lipinski definition) is 1. The number of fused-ring (bicyclic) bond motifs is 1. The number of rotatable bonds is 5. The molecular formula is C19H18FNO5. The van der Waals surface area contributed by atoms with Gasteiger partial charge in [-0.3, -0.25) is 4.79 Å². The molecule has 0 aliphatic carbocycles. The van der Waals surface area contributed by atoms with Crippen molar-refractivity contribution in [1.82, 2.24) is 5.32 Å². The molecule has 1 aliphatic rings. The minimum absolute atomic E-state index is 0.0137. The molecule has 1 aliphatic heterocycles. The number of amides is 1. The van der Waals surface area contributed by atoms with Crippen molar-refractivity contribution in [3.63, 3.8) is 0 Å². The lowest BCUT2D eigenvalue weighted by atomic mass is 10.2. The SMILES string of the molecule is CC(OC(=O)C1COc2ccccc2O1)C(=O)NCc1ccc(F)cc1. The van der Waals surface area contributed by atoms with Crippen LogP contribution in [-0.2, 0) is 20.9 Å². The van der Waals surface area contributed by atoms with Crippen LogP contribution in [0.2, 0.25) is 0 Å². The smallest absolute Gasteiger partial charge is 0.351 e. The maximum absolute atomic E-state index is 12.9. The van der Waals surface area contributed by atoms with Gasteiger partial charge in [0.15, 0.2) is 17.6 Å². The average molecular weight is 359 g/mol. The maximum atomic E-state index is 12.9. The summed E-state index contributed by atoms with van der Waals surface area (Å²) in [7, 11) is 0. The first-order chi connectivity index (χ1) is 12.5. The Morgan fingerprint density at radius 3 is 2.62 bits per heavy atom. The molecule has 0 fully saturated rings. The molecule has 0 aromatic heterocycles. The van der Waals surface area contributed by atoms with Gasteiger partial charge in [0, 0.05) is 6.54 Å². The molecule has 2 unspecified atom stereocenters. The van der Waals surface area contributed by atoms with Crippen LogP contribution in [0.15, 0.2) is 48.5 Å². The second-order valence-electron chi connectivity index (χ2n) is 5.79. The fraction of sp³-hybridized carbons (Fsp3) is 0.263. The van der Waals surface area contributed by atoms with Crippen molar-refractivity contribution in [3.05, 3.63) is 59.9 Å². The van der Waals surface area contributed by atoms with Crippen molar-refractivity contribution in [2.75, 3.05) is 6.61 Å². The number of halogens is 1. The van der Waals surface area contributed by atoms with E-state index >= 15 is 0 Å². The van der Waals surface area contributed by atoms with Crippen molar-refractivity contribution in [2.45, 2.75) is 25.7 Å². The summed E-state index contributed by atoms with van der Waals surface area (Å²) in [5.74, 6) is -0.474. The van der Waals surface area contributed by atoms with Crippen molar-refractivity contribution < 1.29 is 28.2 Å². The van der Waals surface area contributed by atoms with E-state index in [0.29, 0.717) is 11.5 Å². The standard InChI is InChI=1S/C19H18FNO5/c1-12(18(22)21-10-13-6-8-14(20)9-7-13)25-19(23)17-11-24-15-4-2-3-5-16(15)26-17/h2-9,12,17H,10-11H2,1H3,(H,21,22). The molecule has 0 bridgehead atoms. The molecule has 0 saturated carbocycles. The van der Waals surface area contributed by atoms with E-state index in [4.69, 9.17) is 14.2 Å². The fourth-order valence-electron chi connectivity index (χ4n) is 2.37. The number of para-hydroxylation sites is 2. The van der Waals surface area contributed by atoms with Gasteiger partial charge < -0.3 is 19.5 Å². The van der Waals surface area contributed by atoms with Crippen molar-refractivity contribution >= 4 is 11.9 Å². The first-order valence-electron chi connectivity index (χ1n) is 8.14. The molecule has 0 saturated heterocycles. The monoisotopic (exact) mass is 359 g/mol. The molecule has 7 heteroatoms. The molecule has 2 aromatic rings. The fourth-order valence-corrected chi connectivity index (χ4v) is 2.37. The van der Waals surface area contributed by atoms with Crippen LogP contribution in [0.5, 0.6) is 11.5 Å². The van der Waals surface area contributed by atoms with Crippen LogP contribution in [-0.4, -0.2) is 30.7 Å². The van der Waals surface area contributed by atoms with Crippen molar-refractivity contribution in [2.24, 2.45) is 0 Å². The summed E-state index contributed by atoms with van der Waals surface area (Å²) in [6.45, 7) is 1.69. The number of carbonyl (C=O) groups is 2. The van der Waals surface area contributed by atoms with Gasteiger partial charge in [-0.2, -0.15) is 0 Å². The summed E-state index contributed by atoms with van der Waals surface area (Å²) < 4.78 is 29.0. The van der Waals surface area contributed by atoms with Crippen LogP contribution in [0.1, 0.15) is 12.5 Å². The van der Waals surface area contributed by atoms with Crippen LogP contribution in [0, 0.1) is 5.82 Å². The van der Waals surface area contributed by atoms with Crippen LogP contribution in [0.25, 0.3) is 0 Å². The Kier molecular flexibility index (Phi) is 5.36. The lowest BCUT2D eigenvalue weighted by Gasteiger charge is -2.25. The van der Waals surface area contributed by atoms with E-state index < -0.39 is 24.1 Å². The van der Waals surface area contributed by atoms with Gasteiger partial charge in [-0.1, -0.05) is 24.3 Å². The topological polar surface area (TPSA) is 73.9 Å². The third-order valence-electron chi connectivity index (χ3n) is 3.81. The Morgan fingerprint density at radius 1 is 1.19 bits per heavy atom. The average Bonchev–Trinajstić information content (AvgIpc) is 2.66. The van der Waals surface area contributed by atoms with E-state index in [1.165, 1.54) is 19.1 Å². The first-order valence-corrected chi connectivity index (χ1v) is 8.14. The lowest BCUT2D eigenvalue weighted by Crippen LogP contribution is -2.42. The number of nitrogens with one attached hydrogen (secondary N) is 1. The number of carbonyl (C=O) groups excluding carboxylic acids is 2. The van der Waals surface area contributed by atoms with E-state index in [2.05, 4.69) is 5.32 Å². The van der Waals surface area contributed by atoms with E-state index in [1.54, 1.807) is 36.4 Å². The minimum atomic E-state index is -0.997. The molecule has 0 spiro atoms. The maximum Gasteiger partial charge on any atom is 0.351 e. The highest BCUT2D eigenvalue weighted by atomic mass is 19.1. The van der Waals surface area contributed by atoms with E-state index in [0.717, 1.165) is 5.56 Å². The highest BCUT2D eigenvalue weighted by molar-refractivity contribution is 5.84. The molecule has 3 rings (SSSR count). The van der Waals surface area contributed by atoms with Gasteiger partial charge in [0.05, 0.1) is 0 Å². The van der Waals surface area contributed by atoms with Gasteiger partial charge >= 0.3 is 5.97 Å². The highest BCUT2D eigenvalue weighted by Crippen LogP contribution is 2.31. The molecule has 6 nitrogen and oxygen atoms in total. The zero-order valence-corrected chi connectivity index (χ0v) is 14.1. The third-order valence-corrected chi connectivity index (χ3v) is 3.81. The lowest BCUT2D eigenvalue weighted by molar-refractivity contribution is -0.163. The summed E-state index contributed by atoms with van der Waals surface area (Å²) in [5, 5.41) is 2.63. The zero-order valence-electron chi connectivity index (χ0n) is 14.1. The van der Waals surface area contributed by atoms with Gasteiger partial charge in [-0.05, 0) is 36.8 Å². The molecule has 1 amide bonds. The molecule has 26 heavy (non-hydrogen) atoms. The molecule has 1 heterocycles. The minimum Gasteiger partial charge on any atom is -0.485 e. The number of esters is 1. The Bertz CT molecular complexity index is 793. The third kappa shape index (κ3) is 4.30. The molecule has 0 radical (unpaired) electrons. The Labute approximate surface area is 149 Å². The Hall–Kier alpha value is -3.09. The van der Waals surface area contributed by atoms with Gasteiger partial charge in [-0.25, -0.2) is 9.18 Å². The zero-order chi connectivity index (χ0) is 18.5. The van der Waals surface area contributed by atoms with Crippen LogP contribution in [0.3, 0.4) is 0 Å². The molecule has 2 atom stereocenters. The predicted octanol–water partition coefficient (Wildman–Crippen LogP) is 2.21. The summed E-state index contributed by atoms with van der Waals surface area (Å²) in [4.78, 5) is 24.3. The van der Waals surface area contributed by atoms with Gasteiger partial charge in [0.2, 0.25) is 6.10 Å². The number of ether oxygens (including phenoxy) is 3. The molecule has 2 aromatic carbocycles. The Balaban J connectivity index is 1.49. The van der Waals surface area contributed by atoms with E-state index in [-0.39, 0.29) is 19.0 Å². The predicted molar refractivity (Wildman–Crippen MR) is 90.2 cm³/mol. The van der Waals surface area contributed by atoms with E-state index in [9.17, 15) is 14.0 Å².